The second-order valence-corrected chi connectivity index (χ2v) is 5.75. The van der Waals surface area contributed by atoms with Gasteiger partial charge in [0.2, 0.25) is 11.8 Å². The van der Waals surface area contributed by atoms with Gasteiger partial charge in [-0.05, 0) is 32.0 Å². The second kappa shape index (κ2) is 9.53. The van der Waals surface area contributed by atoms with Gasteiger partial charge in [-0.3, -0.25) is 9.59 Å². The van der Waals surface area contributed by atoms with E-state index in [4.69, 9.17) is 0 Å². The number of hydrogen-bond acceptors (Lipinski definition) is 3. The number of amides is 2. The predicted octanol–water partition coefficient (Wildman–Crippen LogP) is 1.74. The summed E-state index contributed by atoms with van der Waals surface area (Å²) in [6, 6.07) is 9.64. The molecule has 0 spiro atoms. The van der Waals surface area contributed by atoms with Crippen LogP contribution < -0.4 is 10.6 Å². The molecule has 6 heteroatoms. The summed E-state index contributed by atoms with van der Waals surface area (Å²) in [6.07, 6.45) is 1.95. The summed E-state index contributed by atoms with van der Waals surface area (Å²) in [5, 5.41) is 6.07. The van der Waals surface area contributed by atoms with E-state index in [1.54, 1.807) is 11.9 Å². The van der Waals surface area contributed by atoms with Crippen LogP contribution in [0.15, 0.2) is 30.3 Å². The largest absolute Gasteiger partial charge is 0.356 e. The van der Waals surface area contributed by atoms with Crippen molar-refractivity contribution in [3.63, 3.8) is 0 Å². The number of hydrogen-bond donors (Lipinski definition) is 2. The van der Waals surface area contributed by atoms with Crippen LogP contribution in [0, 0.1) is 5.92 Å². The number of halogens is 1. The number of piperidine rings is 1. The van der Waals surface area contributed by atoms with Crippen LogP contribution in [0.5, 0.6) is 0 Å². The number of carbonyl (C=O) groups is 2. The number of carbonyl (C=O) groups excluding carboxylic acids is 2. The number of benzene rings is 1. The normalized spacial score (nSPS) is 20.8. The zero-order valence-electron chi connectivity index (χ0n) is 13.7. The summed E-state index contributed by atoms with van der Waals surface area (Å²) in [5.74, 6) is -0.0305. The lowest BCUT2D eigenvalue weighted by Crippen LogP contribution is -2.46. The molecule has 1 aliphatic heterocycles. The highest BCUT2D eigenvalue weighted by Crippen LogP contribution is 2.35. The SMILES string of the molecule is CNCCCNC(=O)C1CCC(=O)N(C)C1c1ccccc1.Cl. The van der Waals surface area contributed by atoms with E-state index in [9.17, 15) is 9.59 Å². The van der Waals surface area contributed by atoms with Crippen LogP contribution in [-0.2, 0) is 9.59 Å². The quantitative estimate of drug-likeness (QED) is 0.776. The Kier molecular flexibility index (Phi) is 8.06. The summed E-state index contributed by atoms with van der Waals surface area (Å²) in [4.78, 5) is 26.3. The first-order valence-electron chi connectivity index (χ1n) is 7.88. The molecule has 2 atom stereocenters. The third kappa shape index (κ3) is 4.94. The molecule has 2 N–H and O–H groups in total. The van der Waals surface area contributed by atoms with Gasteiger partial charge in [0.25, 0.3) is 0 Å². The first-order chi connectivity index (χ1) is 10.6. The van der Waals surface area contributed by atoms with E-state index in [1.807, 2.05) is 37.4 Å². The Hall–Kier alpha value is -1.59. The van der Waals surface area contributed by atoms with Crippen LogP contribution >= 0.6 is 12.4 Å². The maximum absolute atomic E-state index is 12.5. The molecule has 0 radical (unpaired) electrons. The number of rotatable bonds is 6. The number of nitrogens with zero attached hydrogens (tertiary/aromatic N) is 1. The van der Waals surface area contributed by atoms with E-state index < -0.39 is 0 Å². The molecule has 2 amide bonds. The van der Waals surface area contributed by atoms with Crippen molar-refractivity contribution in [3.05, 3.63) is 35.9 Å². The molecule has 0 aliphatic carbocycles. The highest BCUT2D eigenvalue weighted by molar-refractivity contribution is 5.85. The molecule has 1 heterocycles. The van der Waals surface area contributed by atoms with Crippen molar-refractivity contribution >= 4 is 24.2 Å². The van der Waals surface area contributed by atoms with Crippen molar-refractivity contribution in [1.29, 1.82) is 0 Å². The average molecular weight is 340 g/mol. The van der Waals surface area contributed by atoms with Gasteiger partial charge in [-0.25, -0.2) is 0 Å². The van der Waals surface area contributed by atoms with E-state index in [2.05, 4.69) is 10.6 Å². The Labute approximate surface area is 144 Å². The zero-order valence-corrected chi connectivity index (χ0v) is 14.6. The van der Waals surface area contributed by atoms with Gasteiger partial charge in [0, 0.05) is 20.0 Å². The minimum Gasteiger partial charge on any atom is -0.356 e. The van der Waals surface area contributed by atoms with Gasteiger partial charge >= 0.3 is 0 Å². The van der Waals surface area contributed by atoms with Crippen molar-refractivity contribution in [1.82, 2.24) is 15.5 Å². The smallest absolute Gasteiger partial charge is 0.225 e. The highest BCUT2D eigenvalue weighted by atomic mass is 35.5. The monoisotopic (exact) mass is 339 g/mol. The highest BCUT2D eigenvalue weighted by Gasteiger charge is 2.38. The van der Waals surface area contributed by atoms with Crippen LogP contribution in [0.2, 0.25) is 0 Å². The molecule has 23 heavy (non-hydrogen) atoms. The number of nitrogens with one attached hydrogen (secondary N) is 2. The lowest BCUT2D eigenvalue weighted by molar-refractivity contribution is -0.141. The molecular formula is C17H26ClN3O2. The lowest BCUT2D eigenvalue weighted by Gasteiger charge is -2.38. The fourth-order valence-corrected chi connectivity index (χ4v) is 3.03. The van der Waals surface area contributed by atoms with Crippen LogP contribution in [-0.4, -0.2) is 43.9 Å². The fraction of sp³-hybridized carbons (Fsp3) is 0.529. The Bertz CT molecular complexity index is 510. The van der Waals surface area contributed by atoms with Gasteiger partial charge < -0.3 is 15.5 Å². The average Bonchev–Trinajstić information content (AvgIpc) is 2.54. The maximum Gasteiger partial charge on any atom is 0.225 e. The van der Waals surface area contributed by atoms with Gasteiger partial charge in [-0.2, -0.15) is 0 Å². The summed E-state index contributed by atoms with van der Waals surface area (Å²) in [7, 11) is 3.69. The minimum absolute atomic E-state index is 0. The molecule has 5 nitrogen and oxygen atoms in total. The molecular weight excluding hydrogens is 314 g/mol. The minimum atomic E-state index is -0.181. The van der Waals surface area contributed by atoms with E-state index in [0.717, 1.165) is 18.5 Å². The zero-order chi connectivity index (χ0) is 15.9. The Morgan fingerprint density at radius 1 is 1.26 bits per heavy atom. The summed E-state index contributed by atoms with van der Waals surface area (Å²) in [6.45, 7) is 1.54. The van der Waals surface area contributed by atoms with Crippen LogP contribution in [0.4, 0.5) is 0 Å². The molecule has 0 saturated carbocycles. The van der Waals surface area contributed by atoms with E-state index in [-0.39, 0.29) is 36.2 Å². The predicted molar refractivity (Wildman–Crippen MR) is 93.5 cm³/mol. The summed E-state index contributed by atoms with van der Waals surface area (Å²) >= 11 is 0. The first-order valence-corrected chi connectivity index (χ1v) is 7.88. The van der Waals surface area contributed by atoms with Gasteiger partial charge in [0.1, 0.15) is 0 Å². The molecule has 1 saturated heterocycles. The van der Waals surface area contributed by atoms with Crippen LogP contribution in [0.25, 0.3) is 0 Å². The van der Waals surface area contributed by atoms with Crippen molar-refractivity contribution in [3.8, 4) is 0 Å². The summed E-state index contributed by atoms with van der Waals surface area (Å²) in [5.41, 5.74) is 1.02. The second-order valence-electron chi connectivity index (χ2n) is 5.75. The molecule has 1 fully saturated rings. The van der Waals surface area contributed by atoms with Crippen molar-refractivity contribution in [2.75, 3.05) is 27.2 Å². The Morgan fingerprint density at radius 2 is 1.96 bits per heavy atom. The third-order valence-corrected chi connectivity index (χ3v) is 4.24. The molecule has 1 aromatic carbocycles. The summed E-state index contributed by atoms with van der Waals surface area (Å²) < 4.78 is 0. The van der Waals surface area contributed by atoms with Gasteiger partial charge in [-0.15, -0.1) is 12.4 Å². The molecule has 2 rings (SSSR count). The molecule has 0 bridgehead atoms. The van der Waals surface area contributed by atoms with Crippen molar-refractivity contribution in [2.24, 2.45) is 5.92 Å². The fourth-order valence-electron chi connectivity index (χ4n) is 3.03. The molecule has 1 aliphatic rings. The molecule has 1 aromatic rings. The number of likely N-dealkylation sites (tertiary alicyclic amines) is 1. The lowest BCUT2D eigenvalue weighted by atomic mass is 9.84. The van der Waals surface area contributed by atoms with Crippen molar-refractivity contribution < 1.29 is 9.59 Å². The van der Waals surface area contributed by atoms with Crippen LogP contribution in [0.1, 0.15) is 30.9 Å². The topological polar surface area (TPSA) is 61.4 Å². The Balaban J connectivity index is 0.00000264. The Morgan fingerprint density at radius 3 is 2.61 bits per heavy atom. The van der Waals surface area contributed by atoms with Gasteiger partial charge in [0.15, 0.2) is 0 Å². The van der Waals surface area contributed by atoms with Crippen molar-refractivity contribution in [2.45, 2.75) is 25.3 Å². The first kappa shape index (κ1) is 19.5. The third-order valence-electron chi connectivity index (χ3n) is 4.24. The molecule has 128 valence electrons. The van der Waals surface area contributed by atoms with Gasteiger partial charge in [-0.1, -0.05) is 30.3 Å². The van der Waals surface area contributed by atoms with E-state index >= 15 is 0 Å². The maximum atomic E-state index is 12.5. The molecule has 0 aromatic heterocycles. The van der Waals surface area contributed by atoms with Crippen LogP contribution in [0.3, 0.4) is 0 Å². The van der Waals surface area contributed by atoms with E-state index in [0.29, 0.717) is 19.4 Å². The molecule has 2 unspecified atom stereocenters. The van der Waals surface area contributed by atoms with Gasteiger partial charge in [0.05, 0.1) is 12.0 Å². The standard InChI is InChI=1S/C17H25N3O2.ClH/c1-18-11-6-12-19-17(22)14-9-10-15(21)20(2)16(14)13-7-4-3-5-8-13;/h3-5,7-8,14,16,18H,6,9-12H2,1-2H3,(H,19,22);1H. The van der Waals surface area contributed by atoms with E-state index in [1.165, 1.54) is 0 Å².